The van der Waals surface area contributed by atoms with Crippen LogP contribution in [0.1, 0.15) is 29.7 Å². The van der Waals surface area contributed by atoms with E-state index < -0.39 is 10.0 Å². The zero-order valence-corrected chi connectivity index (χ0v) is 16.1. The lowest BCUT2D eigenvalue weighted by molar-refractivity contribution is 0.238. The number of aliphatic hydroxyl groups excluding tert-OH is 1. The Hall–Kier alpha value is -1.77. The fourth-order valence-electron chi connectivity index (χ4n) is 3.44. The Morgan fingerprint density at radius 2 is 2.12 bits per heavy atom. The average Bonchev–Trinajstić information content (AvgIpc) is 3.04. The highest BCUT2D eigenvalue weighted by Gasteiger charge is 2.31. The second-order valence-electron chi connectivity index (χ2n) is 7.05. The van der Waals surface area contributed by atoms with Crippen molar-refractivity contribution < 1.29 is 13.5 Å². The molecular formula is C18H26N4O3S. The molecule has 0 spiro atoms. The molecule has 0 bridgehead atoms. The second kappa shape index (κ2) is 7.85. The van der Waals surface area contributed by atoms with Crippen molar-refractivity contribution in [3.8, 4) is 0 Å². The molecule has 1 atom stereocenters. The summed E-state index contributed by atoms with van der Waals surface area (Å²) in [6, 6.07) is 5.55. The van der Waals surface area contributed by atoms with E-state index in [0.29, 0.717) is 31.0 Å². The van der Waals surface area contributed by atoms with E-state index in [4.69, 9.17) is 5.11 Å². The van der Waals surface area contributed by atoms with Gasteiger partial charge in [0.1, 0.15) is 0 Å². The number of sulfonamides is 1. The summed E-state index contributed by atoms with van der Waals surface area (Å²) in [7, 11) is -3.49. The molecule has 1 saturated heterocycles. The highest BCUT2D eigenvalue weighted by molar-refractivity contribution is 7.89. The molecule has 2 aromatic rings. The van der Waals surface area contributed by atoms with E-state index in [0.717, 1.165) is 29.7 Å². The number of hydrogen-bond donors (Lipinski definition) is 1. The molecule has 0 aliphatic carbocycles. The summed E-state index contributed by atoms with van der Waals surface area (Å²) in [5.74, 6) is 0.201. The van der Waals surface area contributed by atoms with Gasteiger partial charge in [-0.3, -0.25) is 4.68 Å². The van der Waals surface area contributed by atoms with Gasteiger partial charge >= 0.3 is 0 Å². The van der Waals surface area contributed by atoms with E-state index in [1.165, 1.54) is 0 Å². The molecule has 7 nitrogen and oxygen atoms in total. The van der Waals surface area contributed by atoms with Crippen molar-refractivity contribution in [2.45, 2.75) is 44.6 Å². The number of piperidine rings is 1. The Bertz CT molecular complexity index is 863. The first-order valence-corrected chi connectivity index (χ1v) is 10.4. The Labute approximate surface area is 154 Å². The molecule has 8 heteroatoms. The first kappa shape index (κ1) is 19.0. The molecule has 0 radical (unpaired) electrons. The van der Waals surface area contributed by atoms with Gasteiger partial charge in [-0.25, -0.2) is 8.42 Å². The van der Waals surface area contributed by atoms with E-state index in [9.17, 15) is 8.42 Å². The molecule has 1 N–H and O–H groups in total. The number of benzene rings is 1. The van der Waals surface area contributed by atoms with Gasteiger partial charge in [0.25, 0.3) is 0 Å². The monoisotopic (exact) mass is 378 g/mol. The third kappa shape index (κ3) is 4.13. The van der Waals surface area contributed by atoms with Crippen LogP contribution in [0.2, 0.25) is 0 Å². The van der Waals surface area contributed by atoms with E-state index in [1.807, 2.05) is 32.2 Å². The number of nitrogens with zero attached hydrogens (tertiary/aromatic N) is 4. The van der Waals surface area contributed by atoms with Gasteiger partial charge in [0.05, 0.1) is 10.6 Å². The second-order valence-corrected chi connectivity index (χ2v) is 8.95. The molecule has 1 aromatic heterocycles. The highest BCUT2D eigenvalue weighted by Crippen LogP contribution is 2.27. The fourth-order valence-corrected chi connectivity index (χ4v) is 5.30. The minimum Gasteiger partial charge on any atom is -0.396 e. The molecule has 0 saturated carbocycles. The Morgan fingerprint density at radius 3 is 2.88 bits per heavy atom. The van der Waals surface area contributed by atoms with Crippen molar-refractivity contribution in [2.24, 2.45) is 5.92 Å². The van der Waals surface area contributed by atoms with Gasteiger partial charge in [-0.1, -0.05) is 17.3 Å². The molecule has 1 aliphatic heterocycles. The smallest absolute Gasteiger partial charge is 0.243 e. The summed E-state index contributed by atoms with van der Waals surface area (Å²) in [5.41, 5.74) is 2.48. The van der Waals surface area contributed by atoms with Crippen LogP contribution in [-0.4, -0.2) is 52.5 Å². The van der Waals surface area contributed by atoms with Crippen LogP contribution in [0.25, 0.3) is 0 Å². The minimum atomic E-state index is -3.49. The zero-order chi connectivity index (χ0) is 18.7. The molecule has 142 valence electrons. The van der Waals surface area contributed by atoms with Crippen molar-refractivity contribution in [3.63, 3.8) is 0 Å². The van der Waals surface area contributed by atoms with Crippen molar-refractivity contribution in [2.75, 3.05) is 19.7 Å². The fraction of sp³-hybridized carbons (Fsp3) is 0.556. The Balaban J connectivity index is 1.73. The highest BCUT2D eigenvalue weighted by atomic mass is 32.2. The van der Waals surface area contributed by atoms with Crippen LogP contribution < -0.4 is 0 Å². The van der Waals surface area contributed by atoms with Crippen molar-refractivity contribution in [3.05, 3.63) is 41.2 Å². The maximum atomic E-state index is 13.1. The van der Waals surface area contributed by atoms with Crippen LogP contribution in [0.5, 0.6) is 0 Å². The molecule has 2 heterocycles. The third-order valence-electron chi connectivity index (χ3n) is 4.84. The molecule has 26 heavy (non-hydrogen) atoms. The minimum absolute atomic E-state index is 0.0456. The quantitative estimate of drug-likeness (QED) is 0.824. The van der Waals surface area contributed by atoms with Gasteiger partial charge < -0.3 is 5.11 Å². The van der Waals surface area contributed by atoms with Crippen molar-refractivity contribution >= 4 is 10.0 Å². The first-order valence-electron chi connectivity index (χ1n) is 8.97. The van der Waals surface area contributed by atoms with Gasteiger partial charge in [0, 0.05) is 38.9 Å². The Morgan fingerprint density at radius 1 is 1.31 bits per heavy atom. The molecule has 1 aliphatic rings. The van der Waals surface area contributed by atoms with Gasteiger partial charge in [0.15, 0.2) is 0 Å². The summed E-state index contributed by atoms with van der Waals surface area (Å²) < 4.78 is 29.6. The van der Waals surface area contributed by atoms with E-state index in [-0.39, 0.29) is 12.5 Å². The molecule has 1 fully saturated rings. The topological polar surface area (TPSA) is 88.3 Å². The van der Waals surface area contributed by atoms with Crippen LogP contribution in [0, 0.1) is 19.8 Å². The predicted octanol–water partition coefficient (Wildman–Crippen LogP) is 1.53. The molecule has 3 rings (SSSR count). The van der Waals surface area contributed by atoms with Crippen LogP contribution in [-0.2, 0) is 23.0 Å². The van der Waals surface area contributed by atoms with Crippen LogP contribution in [0.3, 0.4) is 0 Å². The summed E-state index contributed by atoms with van der Waals surface area (Å²) in [6.07, 6.45) is 4.12. The molecular weight excluding hydrogens is 352 g/mol. The Kier molecular flexibility index (Phi) is 5.74. The van der Waals surface area contributed by atoms with Gasteiger partial charge in [0.2, 0.25) is 10.0 Å². The van der Waals surface area contributed by atoms with Gasteiger partial charge in [-0.2, -0.15) is 4.31 Å². The molecule has 0 amide bonds. The van der Waals surface area contributed by atoms with Crippen LogP contribution in [0.4, 0.5) is 0 Å². The summed E-state index contributed by atoms with van der Waals surface area (Å²) >= 11 is 0. The molecule has 0 unspecified atom stereocenters. The SMILES string of the molecule is Cc1ccc(C)c(S(=O)(=O)N2CCC[C@H](Cn3cc(CCO)nn3)C2)c1. The van der Waals surface area contributed by atoms with Gasteiger partial charge in [-0.05, 0) is 49.8 Å². The summed E-state index contributed by atoms with van der Waals surface area (Å²) in [6.45, 7) is 5.48. The largest absolute Gasteiger partial charge is 0.396 e. The standard InChI is InChI=1S/C18H26N4O3S/c1-14-5-6-15(2)18(10-14)26(24,25)22-8-3-4-16(12-22)11-21-13-17(7-9-23)19-20-21/h5-6,10,13,16,23H,3-4,7-9,11-12H2,1-2H3/t16-/m1/s1. The zero-order valence-electron chi connectivity index (χ0n) is 15.3. The number of hydrogen-bond acceptors (Lipinski definition) is 5. The van der Waals surface area contributed by atoms with Crippen LogP contribution in [0.15, 0.2) is 29.3 Å². The average molecular weight is 378 g/mol. The van der Waals surface area contributed by atoms with Crippen molar-refractivity contribution in [1.82, 2.24) is 19.3 Å². The van der Waals surface area contributed by atoms with E-state index >= 15 is 0 Å². The maximum absolute atomic E-state index is 13.1. The summed E-state index contributed by atoms with van der Waals surface area (Å²) in [4.78, 5) is 0.407. The predicted molar refractivity (Wildman–Crippen MR) is 98.2 cm³/mol. The summed E-state index contributed by atoms with van der Waals surface area (Å²) in [5, 5.41) is 17.1. The number of aliphatic hydroxyl groups is 1. The van der Waals surface area contributed by atoms with Crippen LogP contribution >= 0.6 is 0 Å². The van der Waals surface area contributed by atoms with Crippen molar-refractivity contribution in [1.29, 1.82) is 0 Å². The number of rotatable bonds is 6. The number of aromatic nitrogens is 3. The molecule has 1 aromatic carbocycles. The third-order valence-corrected chi connectivity index (χ3v) is 6.85. The lowest BCUT2D eigenvalue weighted by Crippen LogP contribution is -2.41. The normalized spacial score (nSPS) is 19.0. The van der Waals surface area contributed by atoms with Gasteiger partial charge in [-0.15, -0.1) is 5.10 Å². The maximum Gasteiger partial charge on any atom is 0.243 e. The lowest BCUT2D eigenvalue weighted by atomic mass is 10.00. The van der Waals surface area contributed by atoms with E-state index in [1.54, 1.807) is 15.1 Å². The first-order chi connectivity index (χ1) is 12.4. The number of aryl methyl sites for hydroxylation is 2. The lowest BCUT2D eigenvalue weighted by Gasteiger charge is -2.32. The van der Waals surface area contributed by atoms with E-state index in [2.05, 4.69) is 10.3 Å².